The van der Waals surface area contributed by atoms with Crippen molar-refractivity contribution in [3.63, 3.8) is 0 Å². The molecule has 0 spiro atoms. The van der Waals surface area contributed by atoms with E-state index in [9.17, 15) is 4.79 Å². The Bertz CT molecular complexity index is 613. The Morgan fingerprint density at radius 1 is 1.44 bits per heavy atom. The van der Waals surface area contributed by atoms with Crippen molar-refractivity contribution in [2.24, 2.45) is 4.99 Å². The molecular formula is C12H9N3OS2. The van der Waals surface area contributed by atoms with Crippen LogP contribution in [0.15, 0.2) is 34.6 Å². The third-order valence-corrected chi connectivity index (χ3v) is 3.02. The molecule has 90 valence electrons. The smallest absolute Gasteiger partial charge is 0.257 e. The van der Waals surface area contributed by atoms with Crippen molar-refractivity contribution in [2.45, 2.75) is 6.92 Å². The summed E-state index contributed by atoms with van der Waals surface area (Å²) in [7, 11) is 0. The summed E-state index contributed by atoms with van der Waals surface area (Å²) in [4.78, 5) is 19.7. The summed E-state index contributed by atoms with van der Waals surface area (Å²) in [6, 6.07) is 7.32. The highest BCUT2D eigenvalue weighted by molar-refractivity contribution is 7.78. The first-order chi connectivity index (χ1) is 8.69. The maximum absolute atomic E-state index is 11.9. The van der Waals surface area contributed by atoms with Gasteiger partial charge in [-0.15, -0.1) is 11.3 Å². The molecule has 1 heterocycles. The standard InChI is InChI=1S/C12H9N3OS2/c1-8-2-4-9(5-3-8)11(16)15-12-14-10(6-18-12)13-7-17/h2-6H,1H3,(H,14,15,16). The number of aryl methyl sites for hydroxylation is 1. The summed E-state index contributed by atoms with van der Waals surface area (Å²) in [5.74, 6) is 0.261. The van der Waals surface area contributed by atoms with Crippen LogP contribution in [-0.2, 0) is 0 Å². The Hall–Kier alpha value is -1.88. The van der Waals surface area contributed by atoms with Crippen LogP contribution < -0.4 is 5.32 Å². The fourth-order valence-electron chi connectivity index (χ4n) is 1.30. The summed E-state index contributed by atoms with van der Waals surface area (Å²) in [5.41, 5.74) is 1.70. The molecule has 0 saturated heterocycles. The fourth-order valence-corrected chi connectivity index (χ4v) is 2.01. The molecule has 18 heavy (non-hydrogen) atoms. The van der Waals surface area contributed by atoms with Crippen LogP contribution in [0.2, 0.25) is 0 Å². The molecule has 0 fully saturated rings. The molecule has 0 unspecified atom stereocenters. The molecule has 1 aromatic heterocycles. The number of nitrogens with zero attached hydrogens (tertiary/aromatic N) is 2. The van der Waals surface area contributed by atoms with Crippen molar-refractivity contribution >= 4 is 45.6 Å². The monoisotopic (exact) mass is 275 g/mol. The second-order valence-electron chi connectivity index (χ2n) is 3.53. The first kappa shape index (κ1) is 12.6. The van der Waals surface area contributed by atoms with Gasteiger partial charge in [-0.05, 0) is 31.3 Å². The van der Waals surface area contributed by atoms with Gasteiger partial charge in [0.05, 0.1) is 5.16 Å². The fraction of sp³-hybridized carbons (Fsp3) is 0.0833. The number of isothiocyanates is 1. The Morgan fingerprint density at radius 3 is 2.83 bits per heavy atom. The minimum Gasteiger partial charge on any atom is -0.298 e. The SMILES string of the molecule is Cc1ccc(C(=O)Nc2nc(N=C=S)cs2)cc1. The predicted molar refractivity (Wildman–Crippen MR) is 75.9 cm³/mol. The number of rotatable bonds is 3. The van der Waals surface area contributed by atoms with E-state index in [0.717, 1.165) is 5.56 Å². The van der Waals surface area contributed by atoms with Gasteiger partial charge in [-0.1, -0.05) is 17.7 Å². The molecule has 2 aromatic rings. The van der Waals surface area contributed by atoms with E-state index in [1.165, 1.54) is 11.3 Å². The second-order valence-corrected chi connectivity index (χ2v) is 4.57. The zero-order valence-electron chi connectivity index (χ0n) is 9.51. The Kier molecular flexibility index (Phi) is 3.94. The third-order valence-electron chi connectivity index (χ3n) is 2.19. The first-order valence-corrected chi connectivity index (χ1v) is 6.39. The van der Waals surface area contributed by atoms with Gasteiger partial charge in [0.2, 0.25) is 0 Å². The predicted octanol–water partition coefficient (Wildman–Crippen LogP) is 3.44. The molecular weight excluding hydrogens is 266 g/mol. The van der Waals surface area contributed by atoms with Gasteiger partial charge in [-0.25, -0.2) is 0 Å². The van der Waals surface area contributed by atoms with Crippen molar-refractivity contribution in [3.05, 3.63) is 40.8 Å². The van der Waals surface area contributed by atoms with Crippen molar-refractivity contribution in [1.29, 1.82) is 0 Å². The lowest BCUT2D eigenvalue weighted by molar-refractivity contribution is 0.102. The van der Waals surface area contributed by atoms with Crippen LogP contribution >= 0.6 is 23.6 Å². The number of hydrogen-bond acceptors (Lipinski definition) is 5. The molecule has 0 aliphatic rings. The number of thiocarbonyl (C=S) groups is 1. The van der Waals surface area contributed by atoms with E-state index >= 15 is 0 Å². The highest BCUT2D eigenvalue weighted by atomic mass is 32.1. The maximum atomic E-state index is 11.9. The van der Waals surface area contributed by atoms with Crippen molar-refractivity contribution < 1.29 is 4.79 Å². The van der Waals surface area contributed by atoms with E-state index in [1.807, 2.05) is 19.1 Å². The number of thiazole rings is 1. The summed E-state index contributed by atoms with van der Waals surface area (Å²) in [5, 5.41) is 7.12. The van der Waals surface area contributed by atoms with Gasteiger partial charge in [0.1, 0.15) is 0 Å². The number of aromatic nitrogens is 1. The van der Waals surface area contributed by atoms with Gasteiger partial charge in [0.25, 0.3) is 5.91 Å². The molecule has 0 saturated carbocycles. The normalized spacial score (nSPS) is 9.61. The summed E-state index contributed by atoms with van der Waals surface area (Å²) >= 11 is 5.77. The largest absolute Gasteiger partial charge is 0.298 e. The van der Waals surface area contributed by atoms with E-state index in [0.29, 0.717) is 16.5 Å². The molecule has 4 nitrogen and oxygen atoms in total. The van der Waals surface area contributed by atoms with Crippen LogP contribution in [0.25, 0.3) is 0 Å². The number of hydrogen-bond donors (Lipinski definition) is 1. The molecule has 1 aromatic carbocycles. The molecule has 0 aliphatic carbocycles. The summed E-state index contributed by atoms with van der Waals surface area (Å²) in [6.45, 7) is 1.97. The molecule has 0 bridgehead atoms. The van der Waals surface area contributed by atoms with Crippen LogP contribution in [0.3, 0.4) is 0 Å². The number of carbonyl (C=O) groups is 1. The van der Waals surface area contributed by atoms with Crippen LogP contribution in [-0.4, -0.2) is 16.1 Å². The third kappa shape index (κ3) is 3.07. The molecule has 0 atom stereocenters. The van der Waals surface area contributed by atoms with Crippen molar-refractivity contribution in [3.8, 4) is 0 Å². The Balaban J connectivity index is 2.10. The molecule has 1 N–H and O–H groups in total. The molecule has 1 amide bonds. The second kappa shape index (κ2) is 5.64. The number of anilines is 1. The van der Waals surface area contributed by atoms with Crippen molar-refractivity contribution in [1.82, 2.24) is 4.98 Å². The van der Waals surface area contributed by atoms with Crippen LogP contribution in [0.1, 0.15) is 15.9 Å². The van der Waals surface area contributed by atoms with Gasteiger partial charge in [0.15, 0.2) is 10.9 Å². The van der Waals surface area contributed by atoms with E-state index < -0.39 is 0 Å². The van der Waals surface area contributed by atoms with Gasteiger partial charge in [-0.2, -0.15) is 9.98 Å². The highest BCUT2D eigenvalue weighted by Crippen LogP contribution is 2.21. The van der Waals surface area contributed by atoms with Crippen LogP contribution in [0, 0.1) is 6.92 Å². The van der Waals surface area contributed by atoms with E-state index in [-0.39, 0.29) is 5.91 Å². The quantitative estimate of drug-likeness (QED) is 0.689. The first-order valence-electron chi connectivity index (χ1n) is 5.10. The number of carbonyl (C=O) groups excluding carboxylic acids is 1. The van der Waals surface area contributed by atoms with Crippen LogP contribution in [0.5, 0.6) is 0 Å². The molecule has 0 aliphatic heterocycles. The zero-order chi connectivity index (χ0) is 13.0. The summed E-state index contributed by atoms with van der Waals surface area (Å²) < 4.78 is 0. The van der Waals surface area contributed by atoms with E-state index in [4.69, 9.17) is 0 Å². The van der Waals surface area contributed by atoms with Gasteiger partial charge < -0.3 is 0 Å². The number of nitrogens with one attached hydrogen (secondary N) is 1. The van der Waals surface area contributed by atoms with Gasteiger partial charge in [-0.3, -0.25) is 10.1 Å². The average Bonchev–Trinajstić information content (AvgIpc) is 2.78. The highest BCUT2D eigenvalue weighted by Gasteiger charge is 2.08. The zero-order valence-corrected chi connectivity index (χ0v) is 11.1. The van der Waals surface area contributed by atoms with Crippen LogP contribution in [0.4, 0.5) is 10.9 Å². The lowest BCUT2D eigenvalue weighted by Gasteiger charge is -2.01. The van der Waals surface area contributed by atoms with Crippen molar-refractivity contribution in [2.75, 3.05) is 5.32 Å². The number of amides is 1. The lowest BCUT2D eigenvalue weighted by Crippen LogP contribution is -2.11. The number of benzene rings is 1. The van der Waals surface area contributed by atoms with Gasteiger partial charge in [0, 0.05) is 10.9 Å². The van der Waals surface area contributed by atoms with E-state index in [1.54, 1.807) is 17.5 Å². The molecule has 6 heteroatoms. The minimum atomic E-state index is -0.192. The number of aliphatic imine (C=N–C) groups is 1. The maximum Gasteiger partial charge on any atom is 0.257 e. The minimum absolute atomic E-state index is 0.192. The average molecular weight is 275 g/mol. The molecule has 2 rings (SSSR count). The lowest BCUT2D eigenvalue weighted by atomic mass is 10.1. The summed E-state index contributed by atoms with van der Waals surface area (Å²) in [6.07, 6.45) is 0. The Morgan fingerprint density at radius 2 is 2.17 bits per heavy atom. The Labute approximate surface area is 113 Å². The topological polar surface area (TPSA) is 54.4 Å². The molecule has 0 radical (unpaired) electrons. The van der Waals surface area contributed by atoms with E-state index in [2.05, 4.69) is 32.7 Å². The van der Waals surface area contributed by atoms with Gasteiger partial charge >= 0.3 is 0 Å².